The van der Waals surface area contributed by atoms with Gasteiger partial charge in [-0.3, -0.25) is 0 Å². The molecule has 18 heavy (non-hydrogen) atoms. The first-order valence-corrected chi connectivity index (χ1v) is 6.20. The van der Waals surface area contributed by atoms with E-state index in [9.17, 15) is 9.50 Å². The summed E-state index contributed by atoms with van der Waals surface area (Å²) in [6.45, 7) is 0. The van der Waals surface area contributed by atoms with Gasteiger partial charge < -0.3 is 5.11 Å². The van der Waals surface area contributed by atoms with Crippen molar-refractivity contribution in [2.45, 2.75) is 6.10 Å². The Bertz CT molecular complexity index is 586. The Kier molecular flexibility index (Phi) is 4.13. The van der Waals surface area contributed by atoms with E-state index < -0.39 is 11.9 Å². The number of aliphatic hydroxyl groups excluding tert-OH is 1. The lowest BCUT2D eigenvalue weighted by atomic mass is 10.0. The van der Waals surface area contributed by atoms with E-state index in [2.05, 4.69) is 0 Å². The third-order valence-electron chi connectivity index (χ3n) is 2.51. The van der Waals surface area contributed by atoms with Gasteiger partial charge in [0, 0.05) is 26.2 Å². The molecule has 0 saturated carbocycles. The van der Waals surface area contributed by atoms with Crippen molar-refractivity contribution in [2.75, 3.05) is 0 Å². The molecule has 1 unspecified atom stereocenters. The first-order chi connectivity index (χ1) is 8.49. The molecule has 2 aromatic carbocycles. The number of benzene rings is 2. The zero-order chi connectivity index (χ0) is 13.3. The number of halogens is 4. The summed E-state index contributed by atoms with van der Waals surface area (Å²) in [5.41, 5.74) is 0.453. The maximum absolute atomic E-state index is 13.7. The van der Waals surface area contributed by atoms with E-state index in [0.29, 0.717) is 15.6 Å². The number of aliphatic hydroxyl groups is 1. The van der Waals surface area contributed by atoms with E-state index in [1.165, 1.54) is 18.2 Å². The molecule has 1 nitrogen and oxygen atoms in total. The second kappa shape index (κ2) is 5.45. The predicted molar refractivity (Wildman–Crippen MR) is 71.9 cm³/mol. The second-order valence-corrected chi connectivity index (χ2v) is 5.01. The van der Waals surface area contributed by atoms with Crippen LogP contribution in [0.15, 0.2) is 36.4 Å². The van der Waals surface area contributed by atoms with E-state index in [4.69, 9.17) is 34.8 Å². The van der Waals surface area contributed by atoms with Gasteiger partial charge >= 0.3 is 0 Å². The quantitative estimate of drug-likeness (QED) is 0.839. The van der Waals surface area contributed by atoms with Gasteiger partial charge in [-0.05, 0) is 30.3 Å². The van der Waals surface area contributed by atoms with Crippen LogP contribution in [0.2, 0.25) is 15.1 Å². The Morgan fingerprint density at radius 1 is 0.889 bits per heavy atom. The number of hydrogen-bond acceptors (Lipinski definition) is 1. The molecule has 0 heterocycles. The normalized spacial score (nSPS) is 12.5. The smallest absolute Gasteiger partial charge is 0.130 e. The van der Waals surface area contributed by atoms with Gasteiger partial charge in [0.1, 0.15) is 11.9 Å². The molecule has 0 saturated heterocycles. The molecule has 0 bridgehead atoms. The first kappa shape index (κ1) is 13.6. The van der Waals surface area contributed by atoms with Gasteiger partial charge in [-0.25, -0.2) is 4.39 Å². The van der Waals surface area contributed by atoms with Crippen molar-refractivity contribution in [2.24, 2.45) is 0 Å². The Hall–Kier alpha value is -0.800. The molecule has 0 aliphatic rings. The largest absolute Gasteiger partial charge is 0.383 e. The van der Waals surface area contributed by atoms with Crippen LogP contribution in [0.4, 0.5) is 4.39 Å². The fourth-order valence-corrected chi connectivity index (χ4v) is 2.18. The van der Waals surface area contributed by atoms with Gasteiger partial charge in [-0.15, -0.1) is 0 Å². The third-order valence-corrected chi connectivity index (χ3v) is 3.32. The molecule has 0 aliphatic carbocycles. The Morgan fingerprint density at radius 2 is 1.50 bits per heavy atom. The zero-order valence-corrected chi connectivity index (χ0v) is 11.3. The minimum atomic E-state index is -1.19. The maximum atomic E-state index is 13.7. The molecule has 2 rings (SSSR count). The predicted octanol–water partition coefficient (Wildman–Crippen LogP) is 4.87. The Balaban J connectivity index is 2.47. The van der Waals surface area contributed by atoms with Crippen molar-refractivity contribution in [3.05, 3.63) is 68.4 Å². The molecular weight excluding hydrogens is 297 g/mol. The molecule has 1 N–H and O–H groups in total. The van der Waals surface area contributed by atoms with E-state index in [1.807, 2.05) is 0 Å². The fraction of sp³-hybridized carbons (Fsp3) is 0.0769. The topological polar surface area (TPSA) is 20.2 Å². The summed E-state index contributed by atoms with van der Waals surface area (Å²) in [5.74, 6) is -0.592. The van der Waals surface area contributed by atoms with Crippen LogP contribution >= 0.6 is 34.8 Å². The molecule has 0 fully saturated rings. The van der Waals surface area contributed by atoms with Gasteiger partial charge in [-0.1, -0.05) is 40.9 Å². The summed E-state index contributed by atoms with van der Waals surface area (Å²) in [4.78, 5) is 0. The lowest BCUT2D eigenvalue weighted by Gasteiger charge is -2.14. The molecule has 0 radical (unpaired) electrons. The summed E-state index contributed by atoms with van der Waals surface area (Å²) in [7, 11) is 0. The van der Waals surface area contributed by atoms with Crippen molar-refractivity contribution in [3.63, 3.8) is 0 Å². The summed E-state index contributed by atoms with van der Waals surface area (Å²) in [6, 6.07) is 8.71. The van der Waals surface area contributed by atoms with Crippen LogP contribution in [0, 0.1) is 5.82 Å². The molecule has 0 amide bonds. The second-order valence-electron chi connectivity index (χ2n) is 3.73. The van der Waals surface area contributed by atoms with E-state index in [0.717, 1.165) is 6.07 Å². The molecule has 0 aliphatic heterocycles. The van der Waals surface area contributed by atoms with Gasteiger partial charge in [0.15, 0.2) is 0 Å². The zero-order valence-electron chi connectivity index (χ0n) is 9.00. The Morgan fingerprint density at radius 3 is 2.17 bits per heavy atom. The average Bonchev–Trinajstić information content (AvgIpc) is 2.31. The van der Waals surface area contributed by atoms with Gasteiger partial charge in [0.2, 0.25) is 0 Å². The van der Waals surface area contributed by atoms with Crippen molar-refractivity contribution < 1.29 is 9.50 Å². The fourth-order valence-electron chi connectivity index (χ4n) is 1.61. The lowest BCUT2D eigenvalue weighted by molar-refractivity contribution is 0.215. The molecule has 5 heteroatoms. The summed E-state index contributed by atoms with van der Waals surface area (Å²) in [6.07, 6.45) is -1.19. The highest BCUT2D eigenvalue weighted by atomic mass is 35.5. The monoisotopic (exact) mass is 304 g/mol. The maximum Gasteiger partial charge on any atom is 0.130 e. The van der Waals surface area contributed by atoms with Crippen LogP contribution in [0.3, 0.4) is 0 Å². The minimum absolute atomic E-state index is 0.101. The van der Waals surface area contributed by atoms with Gasteiger partial charge in [0.25, 0.3) is 0 Å². The Labute approximate surface area is 119 Å². The van der Waals surface area contributed by atoms with Crippen LogP contribution < -0.4 is 0 Å². The minimum Gasteiger partial charge on any atom is -0.383 e. The van der Waals surface area contributed by atoms with Crippen LogP contribution in [0.25, 0.3) is 0 Å². The third kappa shape index (κ3) is 2.78. The van der Waals surface area contributed by atoms with E-state index >= 15 is 0 Å². The molecule has 0 aromatic heterocycles. The van der Waals surface area contributed by atoms with Crippen molar-refractivity contribution in [1.29, 1.82) is 0 Å². The summed E-state index contributed by atoms with van der Waals surface area (Å²) >= 11 is 17.4. The molecule has 1 atom stereocenters. The number of rotatable bonds is 2. The van der Waals surface area contributed by atoms with Crippen LogP contribution in [0.1, 0.15) is 17.2 Å². The van der Waals surface area contributed by atoms with Crippen molar-refractivity contribution in [1.82, 2.24) is 0 Å². The van der Waals surface area contributed by atoms with Gasteiger partial charge in [-0.2, -0.15) is 0 Å². The van der Waals surface area contributed by atoms with Crippen LogP contribution in [0.5, 0.6) is 0 Å². The number of hydrogen-bond donors (Lipinski definition) is 1. The van der Waals surface area contributed by atoms with Crippen LogP contribution in [-0.4, -0.2) is 5.11 Å². The summed E-state index contributed by atoms with van der Waals surface area (Å²) in [5, 5.41) is 11.1. The van der Waals surface area contributed by atoms with Crippen LogP contribution in [-0.2, 0) is 0 Å². The van der Waals surface area contributed by atoms with Crippen molar-refractivity contribution in [3.8, 4) is 0 Å². The van der Waals surface area contributed by atoms with Gasteiger partial charge in [0.05, 0.1) is 0 Å². The average molecular weight is 306 g/mol. The lowest BCUT2D eigenvalue weighted by Crippen LogP contribution is -2.03. The van der Waals surface area contributed by atoms with E-state index in [-0.39, 0.29) is 10.6 Å². The van der Waals surface area contributed by atoms with Crippen molar-refractivity contribution >= 4 is 34.8 Å². The first-order valence-electron chi connectivity index (χ1n) is 5.07. The molecular formula is C13H8Cl3FO. The molecule has 0 spiro atoms. The SMILES string of the molecule is OC(c1ccc(Cl)cc1F)c1cc(Cl)ccc1Cl. The highest BCUT2D eigenvalue weighted by Gasteiger charge is 2.18. The highest BCUT2D eigenvalue weighted by molar-refractivity contribution is 6.33. The molecule has 94 valence electrons. The standard InChI is InChI=1S/C13H8Cl3FO/c14-7-2-4-11(16)10(5-7)13(18)9-3-1-8(15)6-12(9)17/h1-6,13,18H. The van der Waals surface area contributed by atoms with E-state index in [1.54, 1.807) is 12.1 Å². The summed E-state index contributed by atoms with van der Waals surface area (Å²) < 4.78 is 13.7. The molecule has 2 aromatic rings. The highest BCUT2D eigenvalue weighted by Crippen LogP contribution is 2.32.